The van der Waals surface area contributed by atoms with Crippen molar-refractivity contribution in [1.29, 1.82) is 0 Å². The Hall–Kier alpha value is -13.5. The number of nitrogens with zero attached hydrogens (tertiary/aromatic N) is 8. The highest BCUT2D eigenvalue weighted by Crippen LogP contribution is 2.69. The molecule has 0 fully saturated rings. The lowest BCUT2D eigenvalue weighted by molar-refractivity contribution is 0.709. The van der Waals surface area contributed by atoms with Crippen LogP contribution in [0.25, 0.3) is 43.8 Å². The van der Waals surface area contributed by atoms with E-state index in [0.29, 0.717) is 8.97 Å². The molecule has 0 amide bonds. The van der Waals surface area contributed by atoms with E-state index >= 15 is 0 Å². The molecule has 0 spiro atoms. The van der Waals surface area contributed by atoms with Gasteiger partial charge in [0.2, 0.25) is 0 Å². The Bertz CT molecular complexity index is 5700. The molecule has 4 aromatic heterocycles. The van der Waals surface area contributed by atoms with Gasteiger partial charge in [0.25, 0.3) is 0 Å². The van der Waals surface area contributed by atoms with E-state index in [9.17, 15) is 0 Å². The zero-order valence-electron chi connectivity index (χ0n) is 56.5. The second-order valence-corrected chi connectivity index (χ2v) is 27.5. The molecule has 8 heteroatoms. The zero-order valence-corrected chi connectivity index (χ0v) is 56.5. The van der Waals surface area contributed by atoms with Crippen LogP contribution in [0.15, 0.2) is 389 Å². The first-order chi connectivity index (χ1) is 51.6. The van der Waals surface area contributed by atoms with Crippen molar-refractivity contribution < 1.29 is 0 Å². The van der Waals surface area contributed by atoms with E-state index in [2.05, 4.69) is 374 Å². The molecule has 17 aromatic rings. The van der Waals surface area contributed by atoms with Gasteiger partial charge >= 0.3 is 0 Å². The fraction of sp³-hybridized carbons (Fsp3) is 0.0208. The Morgan fingerprint density at radius 1 is 0.231 bits per heavy atom. The molecular weight excluding hydrogens is 1270 g/mol. The van der Waals surface area contributed by atoms with Gasteiger partial charge in [0.15, 0.2) is 22.7 Å². The van der Waals surface area contributed by atoms with E-state index in [4.69, 9.17) is 19.9 Å². The predicted octanol–water partition coefficient (Wildman–Crippen LogP) is 24.5. The monoisotopic (exact) mass is 1330 g/mol. The molecule has 0 aliphatic carbocycles. The summed E-state index contributed by atoms with van der Waals surface area (Å²) < 4.78 is 0.799. The molecule has 104 heavy (non-hydrogen) atoms. The van der Waals surface area contributed by atoms with Crippen molar-refractivity contribution in [3.63, 3.8) is 0 Å². The first-order valence-electron chi connectivity index (χ1n) is 35.6. The maximum Gasteiger partial charge on any atom is 0.158 e. The molecule has 0 saturated heterocycles. The summed E-state index contributed by atoms with van der Waals surface area (Å²) in [6, 6.07) is 126. The molecule has 0 radical (unpaired) electrons. The number of para-hydroxylation sites is 8. The van der Waals surface area contributed by atoms with E-state index in [-0.39, 0.29) is 0 Å². The Labute approximate surface area is 603 Å². The Morgan fingerprint density at radius 3 is 0.904 bits per heavy atom. The predicted molar refractivity (Wildman–Crippen MR) is 424 cm³/mol. The summed E-state index contributed by atoms with van der Waals surface area (Å²) in [5, 5.41) is 4.57. The summed E-state index contributed by atoms with van der Waals surface area (Å²) >= 11 is 0. The van der Waals surface area contributed by atoms with Gasteiger partial charge in [0.05, 0.1) is 55.8 Å². The van der Waals surface area contributed by atoms with Crippen LogP contribution in [0, 0.1) is 0 Å². The number of benzene rings is 13. The summed E-state index contributed by atoms with van der Waals surface area (Å²) in [6.07, 6.45) is 15.7. The van der Waals surface area contributed by atoms with Gasteiger partial charge in [0.1, 0.15) is 22.7 Å². The van der Waals surface area contributed by atoms with Gasteiger partial charge in [-0.25, -0.2) is 0 Å². The summed E-state index contributed by atoms with van der Waals surface area (Å²) in [7, 11) is 0. The second kappa shape index (κ2) is 23.0. The van der Waals surface area contributed by atoms with E-state index in [1.165, 1.54) is 45.0 Å². The van der Waals surface area contributed by atoms with Crippen LogP contribution in [0.5, 0.6) is 0 Å². The minimum absolute atomic E-state index is 0.400. The Kier molecular flexibility index (Phi) is 13.1. The van der Waals surface area contributed by atoms with Gasteiger partial charge in [-0.1, -0.05) is 182 Å². The largest absolute Gasteiger partial charge is 0.310 e. The Morgan fingerprint density at radius 2 is 0.558 bits per heavy atom. The maximum absolute atomic E-state index is 4.90. The minimum Gasteiger partial charge on any atom is -0.310 e. The van der Waals surface area contributed by atoms with Crippen molar-refractivity contribution in [3.8, 4) is 22.3 Å². The summed E-state index contributed by atoms with van der Waals surface area (Å²) in [5.41, 5.74) is 27.5. The number of pyridine rings is 4. The SMILES string of the molecule is c1ccc([N+]2(c3ccccc3)c3ccccc3-c3cc4c(cc32)N(c2ccc3c(ccc5cc(N6c7ccccc7C(c7cccnc7)(c7cccnc7)c7cc8c(cc76)[N+](c6ccccc6)(c6ccccc6)c6ccccc6-8)ccc53)c2)c2ccccc2C4(c2cccnc2)c2cccnc2)cc1. The van der Waals surface area contributed by atoms with Gasteiger partial charge < -0.3 is 9.80 Å². The lowest BCUT2D eigenvalue weighted by Gasteiger charge is -2.46. The molecule has 4 aliphatic heterocycles. The van der Waals surface area contributed by atoms with Gasteiger partial charge in [-0.15, -0.1) is 0 Å². The highest BCUT2D eigenvalue weighted by molar-refractivity contribution is 6.12. The van der Waals surface area contributed by atoms with E-state index < -0.39 is 10.8 Å². The number of quaternary nitrogens is 2. The molecule has 8 heterocycles. The van der Waals surface area contributed by atoms with Crippen molar-refractivity contribution in [2.24, 2.45) is 0 Å². The second-order valence-electron chi connectivity index (χ2n) is 27.5. The topological polar surface area (TPSA) is 58.0 Å². The average Bonchev–Trinajstić information content (AvgIpc) is 1.41. The molecule has 0 atom stereocenters. The molecule has 0 bridgehead atoms. The van der Waals surface area contributed by atoms with Gasteiger partial charge in [-0.2, -0.15) is 8.97 Å². The molecular formula is C96H64N8+2. The van der Waals surface area contributed by atoms with E-state index in [1.54, 1.807) is 0 Å². The molecule has 486 valence electrons. The number of fused-ring (bicyclic) bond motifs is 13. The van der Waals surface area contributed by atoms with E-state index in [1.807, 2.05) is 24.8 Å². The molecule has 0 saturated carbocycles. The number of hydrogen-bond acceptors (Lipinski definition) is 6. The van der Waals surface area contributed by atoms with Crippen molar-refractivity contribution in [2.75, 3.05) is 9.80 Å². The lowest BCUT2D eigenvalue weighted by Crippen LogP contribution is -2.38. The lowest BCUT2D eigenvalue weighted by atomic mass is 9.62. The molecule has 8 nitrogen and oxygen atoms in total. The summed E-state index contributed by atoms with van der Waals surface area (Å²) in [4.78, 5) is 24.7. The number of rotatable bonds is 10. The van der Waals surface area contributed by atoms with Crippen molar-refractivity contribution in [1.82, 2.24) is 28.9 Å². The third-order valence-corrected chi connectivity index (χ3v) is 22.7. The standard InChI is InChI=1S/C96H64N8/c1-5-29-73(30-6-1)103(74-31-7-2-8-32-74)91-43-19-13-37-79(91)81-57-85-89(59-93(81)103)101(87-41-17-15-39-83(87)95(85,67-25-21-51-97-61-67)68-26-22-52-98-62-68)71-47-49-77-65(55-71)45-46-66-56-72(48-50-78(66)77)102-88-42-18-16-40-84(88)96(69-27-23-53-99-63-69,70-28-24-54-100-64-70)86-58-82-80-38-14-20-44-92(80)104(94(82)60-90(86)102,75-33-9-3-10-34-75)76-35-11-4-12-36-76/h1-64H/q+2. The number of hydrogen-bond donors (Lipinski definition) is 0. The van der Waals surface area contributed by atoms with Crippen molar-refractivity contribution >= 4 is 101 Å². The summed E-state index contributed by atoms with van der Waals surface area (Å²) in [6.45, 7) is 0. The highest BCUT2D eigenvalue weighted by atomic mass is 15.4. The van der Waals surface area contributed by atoms with Gasteiger partial charge in [-0.05, 0) is 151 Å². The third-order valence-electron chi connectivity index (χ3n) is 22.7. The normalized spacial score (nSPS) is 14.8. The van der Waals surface area contributed by atoms with Gasteiger partial charge in [0, 0.05) is 134 Å². The fourth-order valence-electron chi connectivity index (χ4n) is 18.7. The Balaban J connectivity index is 0.787. The average molecular weight is 1330 g/mol. The fourth-order valence-corrected chi connectivity index (χ4v) is 18.7. The third kappa shape index (κ3) is 8.08. The van der Waals surface area contributed by atoms with Crippen LogP contribution >= 0.6 is 0 Å². The molecule has 13 aromatic carbocycles. The van der Waals surface area contributed by atoms with Crippen LogP contribution in [-0.2, 0) is 10.8 Å². The molecule has 21 rings (SSSR count). The summed E-state index contributed by atoms with van der Waals surface area (Å²) in [5.74, 6) is 0. The quantitative estimate of drug-likeness (QED) is 0.100. The molecule has 4 aliphatic rings. The number of anilines is 6. The number of aromatic nitrogens is 4. The molecule has 0 N–H and O–H groups in total. The molecule has 0 unspecified atom stereocenters. The maximum atomic E-state index is 4.90. The van der Waals surface area contributed by atoms with Crippen LogP contribution in [0.2, 0.25) is 0 Å². The van der Waals surface area contributed by atoms with Gasteiger partial charge in [-0.3, -0.25) is 19.9 Å². The van der Waals surface area contributed by atoms with Crippen LogP contribution in [-0.4, -0.2) is 19.9 Å². The van der Waals surface area contributed by atoms with Crippen LogP contribution in [0.4, 0.5) is 79.6 Å². The minimum atomic E-state index is -0.844. The first kappa shape index (κ1) is 59.4. The van der Waals surface area contributed by atoms with Crippen LogP contribution < -0.4 is 18.8 Å². The van der Waals surface area contributed by atoms with Crippen molar-refractivity contribution in [3.05, 3.63) is 434 Å². The van der Waals surface area contributed by atoms with Crippen LogP contribution in [0.3, 0.4) is 0 Å². The zero-order chi connectivity index (χ0) is 68.6. The smallest absolute Gasteiger partial charge is 0.158 e. The van der Waals surface area contributed by atoms with Crippen LogP contribution in [0.1, 0.15) is 44.5 Å². The highest BCUT2D eigenvalue weighted by Gasteiger charge is 2.56. The first-order valence-corrected chi connectivity index (χ1v) is 35.6. The van der Waals surface area contributed by atoms with E-state index in [0.717, 1.165) is 123 Å². The van der Waals surface area contributed by atoms with Crippen molar-refractivity contribution in [2.45, 2.75) is 10.8 Å².